The van der Waals surface area contributed by atoms with Crippen LogP contribution in [-0.2, 0) is 0 Å². The average Bonchev–Trinajstić information content (AvgIpc) is 2.47. The van der Waals surface area contributed by atoms with Crippen LogP contribution in [-0.4, -0.2) is 4.92 Å². The highest BCUT2D eigenvalue weighted by molar-refractivity contribution is 6.31. The molecule has 0 spiro atoms. The van der Waals surface area contributed by atoms with Gasteiger partial charge < -0.3 is 5.32 Å². The first-order valence-electron chi connectivity index (χ1n) is 6.74. The summed E-state index contributed by atoms with van der Waals surface area (Å²) in [6, 6.07) is 14.5. The van der Waals surface area contributed by atoms with Crippen molar-refractivity contribution >= 4 is 17.3 Å². The maximum absolute atomic E-state index is 10.7. The topological polar surface area (TPSA) is 55.2 Å². The van der Waals surface area contributed by atoms with Gasteiger partial charge in [-0.05, 0) is 31.0 Å². The Bertz CT molecular complexity index is 628. The minimum atomic E-state index is -0.395. The highest BCUT2D eigenvalue weighted by atomic mass is 35.5. The summed E-state index contributed by atoms with van der Waals surface area (Å²) in [6.07, 6.45) is 0. The van der Waals surface area contributed by atoms with Crippen LogP contribution in [0.5, 0.6) is 0 Å². The van der Waals surface area contributed by atoms with E-state index in [1.165, 1.54) is 12.1 Å². The second kappa shape index (κ2) is 6.70. The number of nitrogens with one attached hydrogen (secondary N) is 1. The molecule has 1 N–H and O–H groups in total. The van der Waals surface area contributed by atoms with Crippen molar-refractivity contribution in [3.8, 4) is 0 Å². The van der Waals surface area contributed by atoms with Gasteiger partial charge in [-0.3, -0.25) is 10.1 Å². The minimum Gasteiger partial charge on any atom is -0.304 e. The molecule has 110 valence electrons. The minimum absolute atomic E-state index is 0.0667. The van der Waals surface area contributed by atoms with E-state index in [1.54, 1.807) is 12.1 Å². The second-order valence-corrected chi connectivity index (χ2v) is 5.39. The van der Waals surface area contributed by atoms with Crippen LogP contribution in [0.3, 0.4) is 0 Å². The zero-order valence-corrected chi connectivity index (χ0v) is 12.7. The van der Waals surface area contributed by atoms with Crippen molar-refractivity contribution < 1.29 is 4.92 Å². The maximum Gasteiger partial charge on any atom is 0.269 e. The highest BCUT2D eigenvalue weighted by Gasteiger charge is 2.14. The Morgan fingerprint density at radius 1 is 1.05 bits per heavy atom. The number of nitro groups is 1. The van der Waals surface area contributed by atoms with Crippen LogP contribution in [0.1, 0.15) is 37.1 Å². The van der Waals surface area contributed by atoms with Gasteiger partial charge in [-0.1, -0.05) is 41.9 Å². The summed E-state index contributed by atoms with van der Waals surface area (Å²) in [4.78, 5) is 10.3. The molecule has 0 aliphatic carbocycles. The number of benzene rings is 2. The summed E-state index contributed by atoms with van der Waals surface area (Å²) in [5, 5.41) is 14.8. The molecule has 2 unspecified atom stereocenters. The molecule has 5 heteroatoms. The van der Waals surface area contributed by atoms with Gasteiger partial charge in [0.05, 0.1) is 4.92 Å². The Morgan fingerprint density at radius 3 is 2.24 bits per heavy atom. The molecule has 0 saturated carbocycles. The average molecular weight is 305 g/mol. The van der Waals surface area contributed by atoms with Gasteiger partial charge in [-0.15, -0.1) is 0 Å². The van der Waals surface area contributed by atoms with Crippen molar-refractivity contribution in [2.24, 2.45) is 0 Å². The van der Waals surface area contributed by atoms with Gasteiger partial charge in [0.2, 0.25) is 0 Å². The third-order valence-electron chi connectivity index (χ3n) is 3.48. The lowest BCUT2D eigenvalue weighted by Crippen LogP contribution is -2.22. The molecule has 2 rings (SSSR count). The monoisotopic (exact) mass is 304 g/mol. The molecule has 0 saturated heterocycles. The molecule has 0 heterocycles. The number of rotatable bonds is 5. The van der Waals surface area contributed by atoms with Crippen molar-refractivity contribution in [3.05, 3.63) is 74.8 Å². The van der Waals surface area contributed by atoms with Crippen molar-refractivity contribution in [1.29, 1.82) is 0 Å². The zero-order chi connectivity index (χ0) is 15.4. The molecule has 0 aromatic heterocycles. The van der Waals surface area contributed by atoms with E-state index in [0.717, 1.165) is 16.1 Å². The fraction of sp³-hybridized carbons (Fsp3) is 0.250. The normalized spacial score (nSPS) is 13.7. The van der Waals surface area contributed by atoms with Crippen molar-refractivity contribution in [2.45, 2.75) is 25.9 Å². The van der Waals surface area contributed by atoms with E-state index in [-0.39, 0.29) is 17.8 Å². The molecule has 21 heavy (non-hydrogen) atoms. The number of hydrogen-bond donors (Lipinski definition) is 1. The van der Waals surface area contributed by atoms with Gasteiger partial charge in [0, 0.05) is 29.2 Å². The molecule has 2 aromatic carbocycles. The Morgan fingerprint density at radius 2 is 1.67 bits per heavy atom. The van der Waals surface area contributed by atoms with Crippen LogP contribution in [0.2, 0.25) is 5.02 Å². The van der Waals surface area contributed by atoms with E-state index in [2.05, 4.69) is 5.32 Å². The van der Waals surface area contributed by atoms with Crippen LogP contribution in [0.4, 0.5) is 5.69 Å². The summed E-state index contributed by atoms with van der Waals surface area (Å²) < 4.78 is 0. The Labute approximate surface area is 128 Å². The van der Waals surface area contributed by atoms with E-state index in [4.69, 9.17) is 11.6 Å². The third kappa shape index (κ3) is 3.80. The molecule has 0 fully saturated rings. The Hall–Kier alpha value is -1.91. The molecule has 0 radical (unpaired) electrons. The summed E-state index contributed by atoms with van der Waals surface area (Å²) in [5.74, 6) is 0. The lowest BCUT2D eigenvalue weighted by atomic mass is 10.0. The van der Waals surface area contributed by atoms with Gasteiger partial charge in [-0.25, -0.2) is 0 Å². The predicted octanol–water partition coefficient (Wildman–Crippen LogP) is 4.66. The summed E-state index contributed by atoms with van der Waals surface area (Å²) in [6.45, 7) is 4.07. The first-order valence-corrected chi connectivity index (χ1v) is 7.11. The van der Waals surface area contributed by atoms with Crippen LogP contribution in [0, 0.1) is 10.1 Å². The number of hydrogen-bond acceptors (Lipinski definition) is 3. The Kier molecular flexibility index (Phi) is 4.94. The second-order valence-electron chi connectivity index (χ2n) is 4.98. The first-order chi connectivity index (χ1) is 9.99. The van der Waals surface area contributed by atoms with Crippen molar-refractivity contribution in [3.63, 3.8) is 0 Å². The molecular formula is C16H17ClN2O2. The molecular weight excluding hydrogens is 288 g/mol. The molecule has 0 aliphatic rings. The van der Waals surface area contributed by atoms with E-state index in [1.807, 2.05) is 38.1 Å². The van der Waals surface area contributed by atoms with E-state index in [9.17, 15) is 10.1 Å². The highest BCUT2D eigenvalue weighted by Crippen LogP contribution is 2.25. The Balaban J connectivity index is 2.09. The molecule has 0 bridgehead atoms. The fourth-order valence-corrected chi connectivity index (χ4v) is 2.57. The molecule has 2 aromatic rings. The smallest absolute Gasteiger partial charge is 0.269 e. The van der Waals surface area contributed by atoms with Crippen molar-refractivity contribution in [1.82, 2.24) is 5.32 Å². The largest absolute Gasteiger partial charge is 0.304 e. The number of halogens is 1. The lowest BCUT2D eigenvalue weighted by molar-refractivity contribution is -0.384. The first kappa shape index (κ1) is 15.5. The third-order valence-corrected chi connectivity index (χ3v) is 3.82. The zero-order valence-electron chi connectivity index (χ0n) is 11.9. The van der Waals surface area contributed by atoms with Gasteiger partial charge in [-0.2, -0.15) is 0 Å². The van der Waals surface area contributed by atoms with Crippen LogP contribution in [0.15, 0.2) is 48.5 Å². The van der Waals surface area contributed by atoms with Crippen LogP contribution in [0.25, 0.3) is 0 Å². The number of nitro benzene ring substituents is 1. The molecule has 0 amide bonds. The molecule has 4 nitrogen and oxygen atoms in total. The van der Waals surface area contributed by atoms with Gasteiger partial charge in [0.1, 0.15) is 0 Å². The fourth-order valence-electron chi connectivity index (χ4n) is 2.27. The number of nitrogens with zero attached hydrogens (tertiary/aromatic N) is 1. The summed E-state index contributed by atoms with van der Waals surface area (Å²) >= 11 is 6.19. The van der Waals surface area contributed by atoms with Crippen LogP contribution >= 0.6 is 11.6 Å². The van der Waals surface area contributed by atoms with E-state index in [0.29, 0.717) is 0 Å². The predicted molar refractivity (Wildman–Crippen MR) is 84.5 cm³/mol. The van der Waals surface area contributed by atoms with Crippen LogP contribution < -0.4 is 5.32 Å². The van der Waals surface area contributed by atoms with E-state index < -0.39 is 4.92 Å². The van der Waals surface area contributed by atoms with Crippen molar-refractivity contribution in [2.75, 3.05) is 0 Å². The van der Waals surface area contributed by atoms with Gasteiger partial charge in [0.25, 0.3) is 5.69 Å². The molecule has 2 atom stereocenters. The quantitative estimate of drug-likeness (QED) is 0.645. The molecule has 0 aliphatic heterocycles. The van der Waals surface area contributed by atoms with E-state index >= 15 is 0 Å². The number of non-ortho nitro benzene ring substituents is 1. The summed E-state index contributed by atoms with van der Waals surface area (Å²) in [7, 11) is 0. The standard InChI is InChI=1S/C16H17ClN2O2/c1-11(13-7-9-14(10-8-13)19(20)21)18-12(2)15-5-3-4-6-16(15)17/h3-12,18H,1-2H3. The lowest BCUT2D eigenvalue weighted by Gasteiger charge is -2.21. The van der Waals surface area contributed by atoms with Gasteiger partial charge in [0.15, 0.2) is 0 Å². The SMILES string of the molecule is CC(NC(C)c1ccccc1Cl)c1ccc([N+](=O)[O-])cc1. The van der Waals surface area contributed by atoms with Gasteiger partial charge >= 0.3 is 0 Å². The maximum atomic E-state index is 10.7. The summed E-state index contributed by atoms with van der Waals surface area (Å²) in [5.41, 5.74) is 2.14.